The van der Waals surface area contributed by atoms with Gasteiger partial charge >= 0.3 is 5.97 Å². The van der Waals surface area contributed by atoms with Crippen LogP contribution in [0.3, 0.4) is 0 Å². The predicted molar refractivity (Wildman–Crippen MR) is 75.4 cm³/mol. The van der Waals surface area contributed by atoms with E-state index in [9.17, 15) is 14.7 Å². The van der Waals surface area contributed by atoms with Crippen molar-refractivity contribution in [3.63, 3.8) is 0 Å². The summed E-state index contributed by atoms with van der Waals surface area (Å²) in [7, 11) is 0. The Hall–Kier alpha value is -1.07. The molecule has 1 aromatic carbocycles. The normalized spacial score (nSPS) is 16.5. The van der Waals surface area contributed by atoms with Gasteiger partial charge in [0.25, 0.3) is 5.91 Å². The van der Waals surface area contributed by atoms with Gasteiger partial charge in [0.2, 0.25) is 0 Å². The first-order valence-corrected chi connectivity index (χ1v) is 7.08. The number of hydrogen-bond donors (Lipinski definition) is 2. The van der Waals surface area contributed by atoms with E-state index in [4.69, 9.17) is 11.6 Å². The Balaban J connectivity index is 2.05. The average Bonchev–Trinajstić information content (AvgIpc) is 2.30. The van der Waals surface area contributed by atoms with E-state index in [-0.39, 0.29) is 12.5 Å². The molecule has 19 heavy (non-hydrogen) atoms. The lowest BCUT2D eigenvalue weighted by atomic mass is 9.69. The number of rotatable bonds is 4. The number of halogens is 2. The van der Waals surface area contributed by atoms with Crippen LogP contribution in [0, 0.1) is 5.41 Å². The van der Waals surface area contributed by atoms with Crippen molar-refractivity contribution in [1.82, 2.24) is 5.32 Å². The largest absolute Gasteiger partial charge is 0.481 e. The smallest absolute Gasteiger partial charge is 0.311 e. The Morgan fingerprint density at radius 1 is 1.42 bits per heavy atom. The van der Waals surface area contributed by atoms with Crippen LogP contribution in [0.2, 0.25) is 5.02 Å². The highest BCUT2D eigenvalue weighted by atomic mass is 79.9. The molecule has 2 rings (SSSR count). The molecule has 0 heterocycles. The lowest BCUT2D eigenvalue weighted by Gasteiger charge is -2.37. The molecular formula is C13H13BrClNO3. The van der Waals surface area contributed by atoms with Gasteiger partial charge in [0.05, 0.1) is 16.0 Å². The van der Waals surface area contributed by atoms with Crippen LogP contribution in [0.4, 0.5) is 0 Å². The van der Waals surface area contributed by atoms with Crippen LogP contribution < -0.4 is 5.32 Å². The highest BCUT2D eigenvalue weighted by molar-refractivity contribution is 9.10. The van der Waals surface area contributed by atoms with Crippen molar-refractivity contribution >= 4 is 39.4 Å². The van der Waals surface area contributed by atoms with Crippen LogP contribution in [0.5, 0.6) is 0 Å². The molecule has 0 bridgehead atoms. The van der Waals surface area contributed by atoms with Crippen molar-refractivity contribution in [3.8, 4) is 0 Å². The van der Waals surface area contributed by atoms with E-state index >= 15 is 0 Å². The first-order chi connectivity index (χ1) is 8.94. The van der Waals surface area contributed by atoms with Crippen LogP contribution in [-0.2, 0) is 4.79 Å². The predicted octanol–water partition coefficient (Wildman–Crippen LogP) is 3.09. The average molecular weight is 347 g/mol. The number of amides is 1. The number of hydrogen-bond acceptors (Lipinski definition) is 2. The van der Waals surface area contributed by atoms with E-state index in [2.05, 4.69) is 21.2 Å². The number of nitrogens with one attached hydrogen (secondary N) is 1. The first kappa shape index (κ1) is 14.3. The molecule has 1 aliphatic rings. The summed E-state index contributed by atoms with van der Waals surface area (Å²) in [4.78, 5) is 23.2. The van der Waals surface area contributed by atoms with Crippen LogP contribution in [0.15, 0.2) is 22.7 Å². The molecule has 102 valence electrons. The summed E-state index contributed by atoms with van der Waals surface area (Å²) in [5.41, 5.74) is -0.454. The maximum Gasteiger partial charge on any atom is 0.311 e. The fourth-order valence-electron chi connectivity index (χ4n) is 2.09. The monoisotopic (exact) mass is 345 g/mol. The molecule has 2 N–H and O–H groups in total. The topological polar surface area (TPSA) is 66.4 Å². The molecule has 1 amide bonds. The third kappa shape index (κ3) is 2.92. The zero-order valence-corrected chi connectivity index (χ0v) is 12.4. The van der Waals surface area contributed by atoms with Crippen LogP contribution >= 0.6 is 27.5 Å². The van der Waals surface area contributed by atoms with Gasteiger partial charge in [-0.05, 0) is 31.0 Å². The van der Waals surface area contributed by atoms with Crippen molar-refractivity contribution in [2.45, 2.75) is 19.3 Å². The molecule has 1 aromatic rings. The Morgan fingerprint density at radius 3 is 2.63 bits per heavy atom. The molecule has 0 aliphatic heterocycles. The number of aliphatic carboxylic acids is 1. The lowest BCUT2D eigenvalue weighted by Crippen LogP contribution is -2.47. The Kier molecular flexibility index (Phi) is 4.16. The number of carboxylic acid groups (broad SMARTS) is 1. The second-order valence-electron chi connectivity index (χ2n) is 4.75. The molecular weight excluding hydrogens is 334 g/mol. The Labute approximate surface area is 124 Å². The highest BCUT2D eigenvalue weighted by Gasteiger charge is 2.44. The Morgan fingerprint density at radius 2 is 2.11 bits per heavy atom. The van der Waals surface area contributed by atoms with Crippen molar-refractivity contribution in [2.75, 3.05) is 6.54 Å². The fraction of sp³-hybridized carbons (Fsp3) is 0.385. The van der Waals surface area contributed by atoms with Crippen LogP contribution in [0.25, 0.3) is 0 Å². The molecule has 4 nitrogen and oxygen atoms in total. The van der Waals surface area contributed by atoms with Gasteiger partial charge in [-0.2, -0.15) is 0 Å². The second-order valence-corrected chi connectivity index (χ2v) is 6.07. The molecule has 1 aliphatic carbocycles. The second kappa shape index (κ2) is 5.51. The van der Waals surface area contributed by atoms with Gasteiger partial charge in [-0.15, -0.1) is 0 Å². The van der Waals surface area contributed by atoms with E-state index in [1.165, 1.54) is 0 Å². The van der Waals surface area contributed by atoms with Crippen LogP contribution in [-0.4, -0.2) is 23.5 Å². The maximum atomic E-state index is 12.0. The van der Waals surface area contributed by atoms with Crippen molar-refractivity contribution in [2.24, 2.45) is 5.41 Å². The molecule has 6 heteroatoms. The van der Waals surface area contributed by atoms with Crippen molar-refractivity contribution in [3.05, 3.63) is 33.3 Å². The van der Waals surface area contributed by atoms with Crippen molar-refractivity contribution in [1.29, 1.82) is 0 Å². The van der Waals surface area contributed by atoms with Crippen LogP contribution in [0.1, 0.15) is 29.6 Å². The molecule has 0 aromatic heterocycles. The van der Waals surface area contributed by atoms with Gasteiger partial charge < -0.3 is 10.4 Å². The standard InChI is InChI=1S/C13H13BrClNO3/c14-8-2-3-10(15)9(6-8)11(17)16-7-13(12(18)19)4-1-5-13/h2-3,6H,1,4-5,7H2,(H,16,17)(H,18,19). The zero-order valence-electron chi connectivity index (χ0n) is 10.1. The van der Waals surface area contributed by atoms with E-state index in [0.717, 1.165) is 10.9 Å². The van der Waals surface area contributed by atoms with Gasteiger partial charge in [-0.3, -0.25) is 9.59 Å². The summed E-state index contributed by atoms with van der Waals surface area (Å²) in [6, 6.07) is 4.98. The van der Waals surface area contributed by atoms with Gasteiger partial charge in [-0.1, -0.05) is 34.0 Å². The zero-order chi connectivity index (χ0) is 14.0. The van der Waals surface area contributed by atoms with Gasteiger partial charge in [0.1, 0.15) is 0 Å². The van der Waals surface area contributed by atoms with E-state index in [1.807, 2.05) is 0 Å². The fourth-order valence-corrected chi connectivity index (χ4v) is 2.65. The molecule has 0 unspecified atom stereocenters. The summed E-state index contributed by atoms with van der Waals surface area (Å²) in [6.07, 6.45) is 2.10. The summed E-state index contributed by atoms with van der Waals surface area (Å²) in [5, 5.41) is 12.2. The van der Waals surface area contributed by atoms with Crippen molar-refractivity contribution < 1.29 is 14.7 Å². The molecule has 0 atom stereocenters. The number of carbonyl (C=O) groups is 2. The minimum absolute atomic E-state index is 0.143. The first-order valence-electron chi connectivity index (χ1n) is 5.91. The minimum Gasteiger partial charge on any atom is -0.481 e. The molecule has 0 spiro atoms. The van der Waals surface area contributed by atoms with Gasteiger partial charge in [-0.25, -0.2) is 0 Å². The third-order valence-corrected chi connectivity index (χ3v) is 4.35. The summed E-state index contributed by atoms with van der Waals surface area (Å²) in [6.45, 7) is 0.143. The summed E-state index contributed by atoms with van der Waals surface area (Å²) >= 11 is 9.22. The van der Waals surface area contributed by atoms with E-state index < -0.39 is 11.4 Å². The molecule has 1 fully saturated rings. The summed E-state index contributed by atoms with van der Waals surface area (Å²) < 4.78 is 0.749. The molecule has 0 radical (unpaired) electrons. The summed E-state index contributed by atoms with van der Waals surface area (Å²) in [5.74, 6) is -1.20. The van der Waals surface area contributed by atoms with E-state index in [0.29, 0.717) is 23.4 Å². The maximum absolute atomic E-state index is 12.0. The lowest BCUT2D eigenvalue weighted by molar-refractivity contribution is -0.153. The number of carboxylic acids is 1. The Bertz CT molecular complexity index is 529. The van der Waals surface area contributed by atoms with Gasteiger partial charge in [0.15, 0.2) is 0 Å². The quantitative estimate of drug-likeness (QED) is 0.880. The highest BCUT2D eigenvalue weighted by Crippen LogP contribution is 2.40. The van der Waals surface area contributed by atoms with E-state index in [1.54, 1.807) is 18.2 Å². The minimum atomic E-state index is -0.848. The molecule has 1 saturated carbocycles. The number of benzene rings is 1. The molecule has 0 saturated heterocycles. The van der Waals surface area contributed by atoms with Gasteiger partial charge in [0, 0.05) is 11.0 Å². The number of carbonyl (C=O) groups excluding carboxylic acids is 1. The third-order valence-electron chi connectivity index (χ3n) is 3.52. The SMILES string of the molecule is O=C(NCC1(C(=O)O)CCC1)c1cc(Br)ccc1Cl.